The van der Waals surface area contributed by atoms with E-state index in [1.807, 2.05) is 42.5 Å². The van der Waals surface area contributed by atoms with E-state index < -0.39 is 31.8 Å². The number of aldehydes is 1. The molecule has 1 atom stereocenters. The predicted octanol–water partition coefficient (Wildman–Crippen LogP) is 5.88. The molecule has 2 aromatic carbocycles. The van der Waals surface area contributed by atoms with Gasteiger partial charge in [0.15, 0.2) is 0 Å². The number of amides is 1. The quantitative estimate of drug-likeness (QED) is 0.181. The molecule has 1 amide bonds. The molecule has 3 rings (SSSR count). The number of H-pyrrole nitrogens is 1. The lowest BCUT2D eigenvalue weighted by Crippen LogP contribution is -2.51. The van der Waals surface area contributed by atoms with E-state index in [0.29, 0.717) is 5.56 Å². The molecule has 0 saturated carbocycles. The van der Waals surface area contributed by atoms with Crippen LogP contribution in [0.25, 0.3) is 10.9 Å². The Balaban J connectivity index is 2.01. The van der Waals surface area contributed by atoms with Gasteiger partial charge in [-0.3, -0.25) is 4.79 Å². The molecule has 1 aromatic heterocycles. The first-order valence-electron chi connectivity index (χ1n) is 13.4. The topological polar surface area (TPSA) is 97.5 Å². The molecular weight excluding hydrogens is 496 g/mol. The molecule has 0 aliphatic heterocycles. The summed E-state index contributed by atoms with van der Waals surface area (Å²) < 4.78 is 11.2. The van der Waals surface area contributed by atoms with Crippen molar-refractivity contribution in [2.45, 2.75) is 84.3 Å². The molecule has 2 N–H and O–H groups in total. The molecule has 204 valence electrons. The van der Waals surface area contributed by atoms with Crippen molar-refractivity contribution < 1.29 is 23.9 Å². The molecule has 0 saturated heterocycles. The number of esters is 1. The summed E-state index contributed by atoms with van der Waals surface area (Å²) in [6, 6.07) is 17.1. The van der Waals surface area contributed by atoms with Crippen molar-refractivity contribution in [3.63, 3.8) is 0 Å². The van der Waals surface area contributed by atoms with Gasteiger partial charge >= 0.3 is 12.1 Å². The van der Waals surface area contributed by atoms with Gasteiger partial charge in [-0.25, -0.2) is 9.59 Å². The minimum atomic E-state index is -1.94. The number of ether oxygens (including phenoxy) is 2. The van der Waals surface area contributed by atoms with Gasteiger partial charge in [0.2, 0.25) is 0 Å². The summed E-state index contributed by atoms with van der Waals surface area (Å²) >= 11 is 0. The van der Waals surface area contributed by atoms with Crippen molar-refractivity contribution >= 4 is 42.6 Å². The van der Waals surface area contributed by atoms with Gasteiger partial charge in [-0.05, 0) is 38.0 Å². The number of rotatable bonds is 11. The van der Waals surface area contributed by atoms with Crippen LogP contribution >= 0.6 is 0 Å². The minimum absolute atomic E-state index is 0.0953. The lowest BCUT2D eigenvalue weighted by atomic mass is 10.0. The minimum Gasteiger partial charge on any atom is -0.458 e. The van der Waals surface area contributed by atoms with Crippen LogP contribution in [0.4, 0.5) is 4.79 Å². The zero-order valence-corrected chi connectivity index (χ0v) is 24.4. The summed E-state index contributed by atoms with van der Waals surface area (Å²) in [4.78, 5) is 41.3. The highest BCUT2D eigenvalue weighted by Crippen LogP contribution is 2.28. The van der Waals surface area contributed by atoms with Crippen LogP contribution in [0.3, 0.4) is 0 Å². The van der Waals surface area contributed by atoms with Crippen LogP contribution in [0.15, 0.2) is 48.5 Å². The first-order valence-corrected chi connectivity index (χ1v) is 16.0. The number of benzene rings is 2. The first-order chi connectivity index (χ1) is 18.1. The fraction of sp³-hybridized carbons (Fsp3) is 0.433. The number of carbonyl (C=O) groups is 3. The second kappa shape index (κ2) is 12.4. The third-order valence-electron chi connectivity index (χ3n) is 7.23. The summed E-state index contributed by atoms with van der Waals surface area (Å²) in [5, 5.41) is 4.89. The van der Waals surface area contributed by atoms with E-state index in [0.717, 1.165) is 51.8 Å². The smallest absolute Gasteiger partial charge is 0.408 e. The number of alkyl carbamates (subject to hydrolysis) is 1. The highest BCUT2D eigenvalue weighted by Gasteiger charge is 2.36. The Labute approximate surface area is 226 Å². The normalized spacial score (nSPS) is 12.7. The van der Waals surface area contributed by atoms with E-state index in [9.17, 15) is 14.4 Å². The van der Waals surface area contributed by atoms with Crippen molar-refractivity contribution in [3.8, 4) is 0 Å². The highest BCUT2D eigenvalue weighted by atomic mass is 28.3. The molecule has 0 radical (unpaired) electrons. The van der Waals surface area contributed by atoms with Crippen LogP contribution in [-0.2, 0) is 27.3 Å². The van der Waals surface area contributed by atoms with Crippen molar-refractivity contribution in [1.82, 2.24) is 10.3 Å². The first kappa shape index (κ1) is 29.2. The molecule has 0 spiro atoms. The van der Waals surface area contributed by atoms with Gasteiger partial charge in [0.05, 0.1) is 0 Å². The third kappa shape index (κ3) is 6.92. The van der Waals surface area contributed by atoms with E-state index in [1.54, 1.807) is 26.8 Å². The maximum atomic E-state index is 13.4. The monoisotopic (exact) mass is 536 g/mol. The number of fused-ring (bicyclic) bond motifs is 1. The fourth-order valence-electron chi connectivity index (χ4n) is 4.97. The molecule has 0 aliphatic carbocycles. The zero-order chi connectivity index (χ0) is 27.9. The lowest BCUT2D eigenvalue weighted by molar-refractivity contribution is -0.157. The van der Waals surface area contributed by atoms with Crippen molar-refractivity contribution in [3.05, 3.63) is 65.2 Å². The van der Waals surface area contributed by atoms with E-state index in [2.05, 4.69) is 31.1 Å². The van der Waals surface area contributed by atoms with Gasteiger partial charge in [0.25, 0.3) is 0 Å². The van der Waals surface area contributed by atoms with E-state index in [1.165, 1.54) is 0 Å². The van der Waals surface area contributed by atoms with Gasteiger partial charge in [0, 0.05) is 28.2 Å². The van der Waals surface area contributed by atoms with Crippen LogP contribution in [0.5, 0.6) is 0 Å². The second-order valence-corrected chi connectivity index (χ2v) is 15.9. The zero-order valence-electron chi connectivity index (χ0n) is 23.4. The average molecular weight is 537 g/mol. The van der Waals surface area contributed by atoms with E-state index in [-0.39, 0.29) is 13.0 Å². The summed E-state index contributed by atoms with van der Waals surface area (Å²) in [7, 11) is -1.94. The molecule has 8 heteroatoms. The van der Waals surface area contributed by atoms with Gasteiger partial charge in [0.1, 0.15) is 32.6 Å². The fourth-order valence-corrected chi connectivity index (χ4v) is 8.81. The number of hydrogen-bond donors (Lipinski definition) is 2. The van der Waals surface area contributed by atoms with E-state index in [4.69, 9.17) is 9.47 Å². The number of hydrogen-bond acceptors (Lipinski definition) is 5. The predicted molar refractivity (Wildman–Crippen MR) is 154 cm³/mol. The molecular formula is C30H40N2O5Si. The maximum Gasteiger partial charge on any atom is 0.408 e. The highest BCUT2D eigenvalue weighted by molar-refractivity contribution is 6.91. The second-order valence-electron chi connectivity index (χ2n) is 10.7. The number of carbonyl (C=O) groups excluding carboxylic acids is 3. The Bertz CT molecular complexity index is 1250. The largest absolute Gasteiger partial charge is 0.458 e. The van der Waals surface area contributed by atoms with Crippen molar-refractivity contribution in [2.24, 2.45) is 0 Å². The molecule has 0 aliphatic rings. The van der Waals surface area contributed by atoms with Crippen molar-refractivity contribution in [2.75, 3.05) is 0 Å². The van der Waals surface area contributed by atoms with Crippen molar-refractivity contribution in [1.29, 1.82) is 0 Å². The van der Waals surface area contributed by atoms with Gasteiger partial charge in [-0.1, -0.05) is 81.4 Å². The van der Waals surface area contributed by atoms with Gasteiger partial charge in [-0.2, -0.15) is 0 Å². The van der Waals surface area contributed by atoms with E-state index >= 15 is 0 Å². The number of nitrogens with one attached hydrogen (secondary N) is 2. The Hall–Kier alpha value is -3.39. The summed E-state index contributed by atoms with van der Waals surface area (Å²) in [6.45, 7) is 12.2. The molecule has 1 heterocycles. The number of aromatic amines is 1. The molecule has 38 heavy (non-hydrogen) atoms. The molecule has 0 bridgehead atoms. The SMILES string of the molecule is CC[Si](CC)(CC)c1[nH]c2cc(C=O)ccc2c1C[C@H](NC(=O)OCc1ccccc1)C(=O)OC(C)(C)C. The third-order valence-corrected chi connectivity index (χ3v) is 12.8. The van der Waals surface area contributed by atoms with Crippen LogP contribution in [-0.4, -0.2) is 43.0 Å². The standard InChI is InChI=1S/C30H40N2O5Si/c1-7-38(8-2,9-3)27-24(23-16-15-22(19-33)17-25(23)31-27)18-26(28(34)37-30(4,5)6)32-29(35)36-20-21-13-11-10-12-14-21/h10-17,19,26,31H,7-9,18,20H2,1-6H3,(H,32,35)/t26-/m0/s1. The Morgan fingerprint density at radius 1 is 1.03 bits per heavy atom. The molecule has 3 aromatic rings. The maximum absolute atomic E-state index is 13.4. The Morgan fingerprint density at radius 2 is 1.68 bits per heavy atom. The number of aromatic nitrogens is 1. The summed E-state index contributed by atoms with van der Waals surface area (Å²) in [5.74, 6) is -0.518. The molecule has 0 fully saturated rings. The molecule has 0 unspecified atom stereocenters. The summed E-state index contributed by atoms with van der Waals surface area (Å²) in [6.07, 6.45) is 0.400. The van der Waals surface area contributed by atoms with Crippen LogP contribution < -0.4 is 10.6 Å². The molecule has 7 nitrogen and oxygen atoms in total. The van der Waals surface area contributed by atoms with Crippen LogP contribution in [0.2, 0.25) is 18.1 Å². The van der Waals surface area contributed by atoms with Crippen LogP contribution in [0.1, 0.15) is 63.0 Å². The van der Waals surface area contributed by atoms with Gasteiger partial charge < -0.3 is 19.8 Å². The lowest BCUT2D eigenvalue weighted by Gasteiger charge is -2.30. The average Bonchev–Trinajstić information content (AvgIpc) is 3.26. The van der Waals surface area contributed by atoms with Crippen LogP contribution in [0, 0.1) is 0 Å². The Kier molecular flexibility index (Phi) is 9.54. The summed E-state index contributed by atoms with van der Waals surface area (Å²) in [5.41, 5.74) is 2.57. The van der Waals surface area contributed by atoms with Gasteiger partial charge in [-0.15, -0.1) is 0 Å². The Morgan fingerprint density at radius 3 is 2.26 bits per heavy atom.